The summed E-state index contributed by atoms with van der Waals surface area (Å²) in [5.74, 6) is 0.665. The molecular weight excluding hydrogens is 270 g/mol. The fourth-order valence-corrected chi connectivity index (χ4v) is 1.74. The van der Waals surface area contributed by atoms with Gasteiger partial charge in [-0.2, -0.15) is 4.98 Å². The highest BCUT2D eigenvalue weighted by molar-refractivity contribution is 5.90. The maximum absolute atomic E-state index is 12.1. The van der Waals surface area contributed by atoms with E-state index in [0.717, 1.165) is 11.3 Å². The smallest absolute Gasteiger partial charge is 0.291 e. The second-order valence-corrected chi connectivity index (χ2v) is 4.45. The monoisotopic (exact) mass is 287 g/mol. The molecule has 0 saturated heterocycles. The molecular formula is C14H17N5O2. The fraction of sp³-hybridized carbons (Fsp3) is 0.214. The number of hydrogen-bond donors (Lipinski definition) is 2. The van der Waals surface area contributed by atoms with E-state index in [1.165, 1.54) is 4.90 Å². The number of carbonyl (C=O) groups is 1. The summed E-state index contributed by atoms with van der Waals surface area (Å²) in [4.78, 5) is 17.4. The van der Waals surface area contributed by atoms with Gasteiger partial charge in [0.2, 0.25) is 11.8 Å². The molecule has 7 nitrogen and oxygen atoms in total. The van der Waals surface area contributed by atoms with Crippen LogP contribution in [0.5, 0.6) is 5.75 Å². The van der Waals surface area contributed by atoms with Crippen LogP contribution in [0.3, 0.4) is 0 Å². The Labute approximate surface area is 122 Å². The predicted octanol–water partition coefficient (Wildman–Crippen LogP) is 1.22. The van der Waals surface area contributed by atoms with E-state index in [0.29, 0.717) is 13.2 Å². The first-order valence-corrected chi connectivity index (χ1v) is 6.36. The van der Waals surface area contributed by atoms with E-state index in [4.69, 9.17) is 10.5 Å². The number of carbonyl (C=O) groups excluding carboxylic acids is 1. The summed E-state index contributed by atoms with van der Waals surface area (Å²) in [7, 11) is 1.68. The van der Waals surface area contributed by atoms with Gasteiger partial charge in [0.05, 0.1) is 0 Å². The van der Waals surface area contributed by atoms with Crippen molar-refractivity contribution in [3.8, 4) is 5.75 Å². The lowest BCUT2D eigenvalue weighted by Gasteiger charge is -2.15. The average Bonchev–Trinajstić information content (AvgIpc) is 2.92. The topological polar surface area (TPSA) is 97.1 Å². The summed E-state index contributed by atoms with van der Waals surface area (Å²) >= 11 is 0. The maximum Gasteiger partial charge on any atom is 0.291 e. The molecule has 1 aromatic heterocycles. The number of nitrogen functional groups attached to an aromatic ring is 1. The molecule has 0 fully saturated rings. The summed E-state index contributed by atoms with van der Waals surface area (Å²) in [6.07, 6.45) is 1.68. The Morgan fingerprint density at radius 2 is 2.19 bits per heavy atom. The van der Waals surface area contributed by atoms with Crippen molar-refractivity contribution >= 4 is 11.9 Å². The number of benzene rings is 1. The third-order valence-corrected chi connectivity index (χ3v) is 2.76. The standard InChI is InChI=1S/C14H17N5O2/c1-3-8-21-11-6-4-10(5-7-11)9-19(2)13(20)12-16-14(15)18-17-12/h3-7H,1,8-9H2,2H3,(H3,15,16,17,18). The van der Waals surface area contributed by atoms with Gasteiger partial charge in [-0.25, -0.2) is 0 Å². The molecule has 0 bridgehead atoms. The van der Waals surface area contributed by atoms with Gasteiger partial charge in [-0.3, -0.25) is 9.89 Å². The molecule has 0 spiro atoms. The van der Waals surface area contributed by atoms with Crippen molar-refractivity contribution in [3.63, 3.8) is 0 Å². The lowest BCUT2D eigenvalue weighted by atomic mass is 10.2. The Morgan fingerprint density at radius 3 is 2.76 bits per heavy atom. The van der Waals surface area contributed by atoms with Crippen molar-refractivity contribution in [2.45, 2.75) is 6.54 Å². The predicted molar refractivity (Wildman–Crippen MR) is 78.7 cm³/mol. The first-order valence-electron chi connectivity index (χ1n) is 6.36. The van der Waals surface area contributed by atoms with Gasteiger partial charge in [0, 0.05) is 13.6 Å². The minimum Gasteiger partial charge on any atom is -0.490 e. The number of H-pyrrole nitrogens is 1. The van der Waals surface area contributed by atoms with E-state index in [2.05, 4.69) is 21.8 Å². The Morgan fingerprint density at radius 1 is 1.48 bits per heavy atom. The van der Waals surface area contributed by atoms with E-state index in [-0.39, 0.29) is 17.7 Å². The van der Waals surface area contributed by atoms with Crippen molar-refractivity contribution in [2.24, 2.45) is 0 Å². The van der Waals surface area contributed by atoms with Crippen molar-refractivity contribution in [2.75, 3.05) is 19.4 Å². The molecule has 1 amide bonds. The Kier molecular flexibility index (Phi) is 4.55. The Balaban J connectivity index is 1.97. The van der Waals surface area contributed by atoms with Gasteiger partial charge in [-0.15, -0.1) is 5.10 Å². The largest absolute Gasteiger partial charge is 0.490 e. The van der Waals surface area contributed by atoms with Gasteiger partial charge in [0.25, 0.3) is 5.91 Å². The van der Waals surface area contributed by atoms with Crippen LogP contribution in [0, 0.1) is 0 Å². The normalized spacial score (nSPS) is 10.1. The number of nitrogens with one attached hydrogen (secondary N) is 1. The number of aromatic amines is 1. The summed E-state index contributed by atoms with van der Waals surface area (Å²) in [6, 6.07) is 7.50. The highest BCUT2D eigenvalue weighted by Gasteiger charge is 2.16. The quantitative estimate of drug-likeness (QED) is 0.779. The zero-order chi connectivity index (χ0) is 15.2. The molecule has 0 aliphatic carbocycles. The number of nitrogens with two attached hydrogens (primary N) is 1. The number of anilines is 1. The van der Waals surface area contributed by atoms with Crippen LogP contribution in [0.15, 0.2) is 36.9 Å². The second-order valence-electron chi connectivity index (χ2n) is 4.45. The molecule has 2 aromatic rings. The molecule has 0 atom stereocenters. The third kappa shape index (κ3) is 3.82. The average molecular weight is 287 g/mol. The van der Waals surface area contributed by atoms with E-state index >= 15 is 0 Å². The number of aromatic nitrogens is 3. The summed E-state index contributed by atoms with van der Waals surface area (Å²) in [5.41, 5.74) is 6.36. The molecule has 21 heavy (non-hydrogen) atoms. The molecule has 0 aliphatic heterocycles. The number of amides is 1. The number of hydrogen-bond acceptors (Lipinski definition) is 5. The van der Waals surface area contributed by atoms with Gasteiger partial charge in [-0.05, 0) is 17.7 Å². The third-order valence-electron chi connectivity index (χ3n) is 2.76. The summed E-state index contributed by atoms with van der Waals surface area (Å²) < 4.78 is 5.40. The van der Waals surface area contributed by atoms with Gasteiger partial charge in [-0.1, -0.05) is 24.8 Å². The SMILES string of the molecule is C=CCOc1ccc(CN(C)C(=O)c2nc(N)n[nH]2)cc1. The maximum atomic E-state index is 12.1. The molecule has 110 valence electrons. The molecule has 3 N–H and O–H groups in total. The van der Waals surface area contributed by atoms with Crippen LogP contribution in [-0.4, -0.2) is 39.6 Å². The first kappa shape index (κ1) is 14.6. The van der Waals surface area contributed by atoms with Gasteiger partial charge < -0.3 is 15.4 Å². The first-order chi connectivity index (χ1) is 10.1. The van der Waals surface area contributed by atoms with Crippen LogP contribution in [0.1, 0.15) is 16.2 Å². The van der Waals surface area contributed by atoms with Crippen molar-refractivity contribution in [3.05, 3.63) is 48.3 Å². The molecule has 0 radical (unpaired) electrons. The molecule has 0 unspecified atom stereocenters. The second kappa shape index (κ2) is 6.56. The van der Waals surface area contributed by atoms with E-state index in [1.54, 1.807) is 13.1 Å². The summed E-state index contributed by atoms with van der Waals surface area (Å²) in [5, 5.41) is 6.13. The van der Waals surface area contributed by atoms with Gasteiger partial charge in [0.15, 0.2) is 0 Å². The van der Waals surface area contributed by atoms with E-state index < -0.39 is 0 Å². The van der Waals surface area contributed by atoms with E-state index in [1.807, 2.05) is 24.3 Å². The van der Waals surface area contributed by atoms with Crippen molar-refractivity contribution < 1.29 is 9.53 Å². The van der Waals surface area contributed by atoms with Crippen molar-refractivity contribution in [1.29, 1.82) is 0 Å². The molecule has 1 heterocycles. The van der Waals surface area contributed by atoms with E-state index in [9.17, 15) is 4.79 Å². The van der Waals surface area contributed by atoms with Crippen LogP contribution in [0.4, 0.5) is 5.95 Å². The molecule has 1 aromatic carbocycles. The number of nitrogens with zero attached hydrogens (tertiary/aromatic N) is 3. The number of rotatable bonds is 6. The summed E-state index contributed by atoms with van der Waals surface area (Å²) in [6.45, 7) is 4.50. The zero-order valence-electron chi connectivity index (χ0n) is 11.7. The molecule has 0 aliphatic rings. The van der Waals surface area contributed by atoms with Crippen LogP contribution >= 0.6 is 0 Å². The van der Waals surface area contributed by atoms with Crippen LogP contribution in [0.2, 0.25) is 0 Å². The molecule has 2 rings (SSSR count). The minimum absolute atomic E-state index is 0.0514. The lowest BCUT2D eigenvalue weighted by molar-refractivity contribution is 0.0773. The molecule has 0 saturated carbocycles. The lowest BCUT2D eigenvalue weighted by Crippen LogP contribution is -2.27. The van der Waals surface area contributed by atoms with Crippen LogP contribution in [0.25, 0.3) is 0 Å². The Hall–Kier alpha value is -2.83. The van der Waals surface area contributed by atoms with Crippen molar-refractivity contribution in [1.82, 2.24) is 20.1 Å². The van der Waals surface area contributed by atoms with Crippen LogP contribution < -0.4 is 10.5 Å². The fourth-order valence-electron chi connectivity index (χ4n) is 1.74. The van der Waals surface area contributed by atoms with Crippen LogP contribution in [-0.2, 0) is 6.54 Å². The van der Waals surface area contributed by atoms with Gasteiger partial charge >= 0.3 is 0 Å². The molecule has 7 heteroatoms. The minimum atomic E-state index is -0.272. The zero-order valence-corrected chi connectivity index (χ0v) is 11.7. The van der Waals surface area contributed by atoms with Gasteiger partial charge in [0.1, 0.15) is 12.4 Å². The number of ether oxygens (including phenoxy) is 1. The highest BCUT2D eigenvalue weighted by Crippen LogP contribution is 2.14. The highest BCUT2D eigenvalue weighted by atomic mass is 16.5. The Bertz CT molecular complexity index is 621.